The zero-order valence-corrected chi connectivity index (χ0v) is 14.4. The quantitative estimate of drug-likeness (QED) is 0.910. The highest BCUT2D eigenvalue weighted by atomic mass is 16.6. The van der Waals surface area contributed by atoms with E-state index in [9.17, 15) is 9.59 Å². The van der Waals surface area contributed by atoms with Crippen LogP contribution in [0.25, 0.3) is 0 Å². The first kappa shape index (κ1) is 16.8. The number of hydrogen-bond donors (Lipinski definition) is 1. The number of ether oxygens (including phenoxy) is 1. The highest BCUT2D eigenvalue weighted by Gasteiger charge is 2.32. The summed E-state index contributed by atoms with van der Waals surface area (Å²) in [5.74, 6) is -0.116. The number of anilines is 1. The maximum Gasteiger partial charge on any atom is 0.414 e. The number of likely N-dealkylation sites (N-methyl/N-ethyl adjacent to an activating group) is 1. The average Bonchev–Trinajstić information content (AvgIpc) is 2.81. The Labute approximate surface area is 142 Å². The number of hydrogen-bond acceptors (Lipinski definition) is 4. The lowest BCUT2D eigenvalue weighted by molar-refractivity contribution is -0.119. The van der Waals surface area contributed by atoms with Gasteiger partial charge >= 0.3 is 6.09 Å². The molecule has 1 atom stereocenters. The summed E-state index contributed by atoms with van der Waals surface area (Å²) in [5, 5.41) is 2.70. The third kappa shape index (κ3) is 3.70. The van der Waals surface area contributed by atoms with Crippen molar-refractivity contribution in [2.24, 2.45) is 0 Å². The van der Waals surface area contributed by atoms with E-state index in [4.69, 9.17) is 4.74 Å². The second-order valence-electron chi connectivity index (χ2n) is 6.44. The summed E-state index contributed by atoms with van der Waals surface area (Å²) in [5.41, 5.74) is 3.58. The molecule has 0 radical (unpaired) electrons. The lowest BCUT2D eigenvalue weighted by Gasteiger charge is -2.16. The molecule has 3 rings (SSSR count). The number of carbonyl (C=O) groups is 2. The molecule has 1 fully saturated rings. The van der Waals surface area contributed by atoms with Gasteiger partial charge in [0.05, 0.1) is 13.1 Å². The fraction of sp³-hybridized carbons (Fsp3) is 0.556. The van der Waals surface area contributed by atoms with E-state index in [1.807, 2.05) is 6.07 Å². The van der Waals surface area contributed by atoms with Crippen LogP contribution in [0.5, 0.6) is 0 Å². The number of fused-ring (bicyclic) bond motifs is 1. The second-order valence-corrected chi connectivity index (χ2v) is 6.44. The van der Waals surface area contributed by atoms with E-state index >= 15 is 0 Å². The van der Waals surface area contributed by atoms with Crippen molar-refractivity contribution >= 4 is 17.7 Å². The first-order valence-electron chi connectivity index (χ1n) is 8.63. The van der Waals surface area contributed by atoms with Gasteiger partial charge in [-0.15, -0.1) is 0 Å². The van der Waals surface area contributed by atoms with Gasteiger partial charge in [0.1, 0.15) is 6.10 Å². The molecule has 130 valence electrons. The lowest BCUT2D eigenvalue weighted by atomic mass is 10.0. The van der Waals surface area contributed by atoms with Crippen LogP contribution >= 0.6 is 0 Å². The average molecular weight is 331 g/mol. The molecule has 1 saturated heterocycles. The molecular formula is C18H25N3O3. The van der Waals surface area contributed by atoms with Gasteiger partial charge in [-0.2, -0.15) is 0 Å². The Morgan fingerprint density at radius 1 is 1.29 bits per heavy atom. The Hall–Kier alpha value is -2.08. The van der Waals surface area contributed by atoms with Gasteiger partial charge in [-0.05, 0) is 42.6 Å². The van der Waals surface area contributed by atoms with Crippen LogP contribution in [0.15, 0.2) is 18.2 Å². The van der Waals surface area contributed by atoms with Gasteiger partial charge in [-0.3, -0.25) is 9.69 Å². The van der Waals surface area contributed by atoms with Crippen molar-refractivity contribution in [3.8, 4) is 0 Å². The van der Waals surface area contributed by atoms with Crippen LogP contribution in [0, 0.1) is 0 Å². The summed E-state index contributed by atoms with van der Waals surface area (Å²) >= 11 is 0. The van der Waals surface area contributed by atoms with Crippen molar-refractivity contribution in [2.75, 3.05) is 37.6 Å². The van der Waals surface area contributed by atoms with Crippen molar-refractivity contribution in [1.29, 1.82) is 0 Å². The predicted molar refractivity (Wildman–Crippen MR) is 92.3 cm³/mol. The van der Waals surface area contributed by atoms with E-state index in [2.05, 4.69) is 29.3 Å². The van der Waals surface area contributed by atoms with Crippen LogP contribution in [-0.2, 0) is 22.4 Å². The number of benzene rings is 1. The highest BCUT2D eigenvalue weighted by molar-refractivity contribution is 5.90. The predicted octanol–water partition coefficient (Wildman–Crippen LogP) is 1.57. The minimum atomic E-state index is -0.339. The molecule has 0 unspecified atom stereocenters. The monoisotopic (exact) mass is 331 g/mol. The normalized spacial score (nSPS) is 21.2. The molecule has 0 spiro atoms. The van der Waals surface area contributed by atoms with Crippen molar-refractivity contribution in [1.82, 2.24) is 10.2 Å². The maximum atomic E-state index is 12.1. The Bertz CT molecular complexity index is 632. The fourth-order valence-corrected chi connectivity index (χ4v) is 3.34. The van der Waals surface area contributed by atoms with Gasteiger partial charge in [-0.25, -0.2) is 4.79 Å². The van der Waals surface area contributed by atoms with E-state index < -0.39 is 0 Å². The van der Waals surface area contributed by atoms with Gasteiger partial charge in [-0.1, -0.05) is 13.0 Å². The zero-order valence-electron chi connectivity index (χ0n) is 14.4. The largest absolute Gasteiger partial charge is 0.442 e. The molecule has 2 aliphatic heterocycles. The van der Waals surface area contributed by atoms with Crippen LogP contribution in [0.2, 0.25) is 0 Å². The Morgan fingerprint density at radius 2 is 2.04 bits per heavy atom. The zero-order chi connectivity index (χ0) is 17.1. The van der Waals surface area contributed by atoms with Crippen molar-refractivity contribution in [3.63, 3.8) is 0 Å². The lowest BCUT2D eigenvalue weighted by Crippen LogP contribution is -2.33. The number of carbonyl (C=O) groups excluding carboxylic acids is 2. The minimum absolute atomic E-state index is 0.116. The third-order valence-corrected chi connectivity index (χ3v) is 4.80. The van der Waals surface area contributed by atoms with Gasteiger partial charge < -0.3 is 15.0 Å². The molecule has 6 heteroatoms. The summed E-state index contributed by atoms with van der Waals surface area (Å²) < 4.78 is 5.35. The fourth-order valence-electron chi connectivity index (χ4n) is 3.34. The number of amides is 2. The molecule has 6 nitrogen and oxygen atoms in total. The molecule has 2 heterocycles. The molecular weight excluding hydrogens is 306 g/mol. The number of cyclic esters (lactones) is 1. The topological polar surface area (TPSA) is 61.9 Å². The summed E-state index contributed by atoms with van der Waals surface area (Å²) in [7, 11) is 0. The van der Waals surface area contributed by atoms with Crippen LogP contribution in [0.4, 0.5) is 10.5 Å². The highest BCUT2D eigenvalue weighted by Crippen LogP contribution is 2.26. The molecule has 1 N–H and O–H groups in total. The molecule has 0 aromatic heterocycles. The smallest absolute Gasteiger partial charge is 0.414 e. The van der Waals surface area contributed by atoms with Crippen molar-refractivity contribution < 1.29 is 14.3 Å². The van der Waals surface area contributed by atoms with Gasteiger partial charge in [0.15, 0.2) is 0 Å². The summed E-state index contributed by atoms with van der Waals surface area (Å²) in [6.45, 7) is 7.70. The van der Waals surface area contributed by atoms with E-state index in [-0.39, 0.29) is 18.1 Å². The van der Waals surface area contributed by atoms with Crippen molar-refractivity contribution in [3.05, 3.63) is 29.3 Å². The Balaban J connectivity index is 1.71. The Morgan fingerprint density at radius 3 is 2.75 bits per heavy atom. The van der Waals surface area contributed by atoms with Gasteiger partial charge in [0.2, 0.25) is 5.91 Å². The van der Waals surface area contributed by atoms with Crippen LogP contribution < -0.4 is 10.2 Å². The molecule has 0 saturated carbocycles. The van der Waals surface area contributed by atoms with E-state index in [0.717, 1.165) is 38.2 Å². The first-order chi connectivity index (χ1) is 11.6. The third-order valence-electron chi connectivity index (χ3n) is 4.80. The van der Waals surface area contributed by atoms with E-state index in [1.165, 1.54) is 18.1 Å². The Kier molecular flexibility index (Phi) is 5.04. The molecule has 0 aliphatic carbocycles. The number of nitrogens with zero attached hydrogens (tertiary/aromatic N) is 2. The summed E-state index contributed by atoms with van der Waals surface area (Å²) in [4.78, 5) is 27.3. The SMILES string of the molecule is CCN1CCc2ccc(N3C[C@H](CNC(C)=O)OC3=O)cc2CC1. The van der Waals surface area contributed by atoms with E-state index in [0.29, 0.717) is 13.1 Å². The second kappa shape index (κ2) is 7.21. The molecule has 24 heavy (non-hydrogen) atoms. The standard InChI is InChI=1S/C18H25N3O3/c1-3-20-8-6-14-4-5-16(10-15(14)7-9-20)21-12-17(24-18(21)23)11-19-13(2)22/h4-5,10,17H,3,6-9,11-12H2,1-2H3,(H,19,22)/t17-/m0/s1. The number of nitrogens with one attached hydrogen (secondary N) is 1. The van der Waals surface area contributed by atoms with E-state index in [1.54, 1.807) is 4.90 Å². The summed E-state index contributed by atoms with van der Waals surface area (Å²) in [6, 6.07) is 6.26. The molecule has 1 aromatic rings. The first-order valence-corrected chi connectivity index (χ1v) is 8.63. The van der Waals surface area contributed by atoms with Crippen molar-refractivity contribution in [2.45, 2.75) is 32.8 Å². The molecule has 1 aromatic carbocycles. The number of rotatable bonds is 4. The minimum Gasteiger partial charge on any atom is -0.442 e. The van der Waals surface area contributed by atoms with Crippen LogP contribution in [0.3, 0.4) is 0 Å². The maximum absolute atomic E-state index is 12.1. The van der Waals surface area contributed by atoms with Crippen LogP contribution in [-0.4, -0.2) is 55.7 Å². The summed E-state index contributed by atoms with van der Waals surface area (Å²) in [6.07, 6.45) is 1.43. The van der Waals surface area contributed by atoms with Crippen LogP contribution in [0.1, 0.15) is 25.0 Å². The van der Waals surface area contributed by atoms with Gasteiger partial charge in [0.25, 0.3) is 0 Å². The molecule has 2 amide bonds. The van der Waals surface area contributed by atoms with Gasteiger partial charge in [0, 0.05) is 25.7 Å². The molecule has 2 aliphatic rings. The molecule has 0 bridgehead atoms.